The zero-order valence-corrected chi connectivity index (χ0v) is 15.7. The first-order valence-electron chi connectivity index (χ1n) is 8.23. The lowest BCUT2D eigenvalue weighted by molar-refractivity contribution is -0.127. The van der Waals surface area contributed by atoms with Gasteiger partial charge in [0.1, 0.15) is 5.75 Å². The van der Waals surface area contributed by atoms with Crippen LogP contribution in [0.5, 0.6) is 5.75 Å². The highest BCUT2D eigenvalue weighted by atomic mass is 35.5. The zero-order chi connectivity index (χ0) is 17.1. The number of nitrogens with one attached hydrogen (secondary N) is 2. The first-order valence-corrected chi connectivity index (χ1v) is 8.61. The van der Waals surface area contributed by atoms with E-state index in [0.29, 0.717) is 23.0 Å². The van der Waals surface area contributed by atoms with Crippen LogP contribution in [-0.2, 0) is 9.59 Å². The van der Waals surface area contributed by atoms with Crippen LogP contribution in [0.15, 0.2) is 18.2 Å². The highest BCUT2D eigenvalue weighted by Gasteiger charge is 2.37. The molecule has 25 heavy (non-hydrogen) atoms. The summed E-state index contributed by atoms with van der Waals surface area (Å²) in [5, 5.41) is 6.86. The van der Waals surface area contributed by atoms with Gasteiger partial charge in [-0.2, -0.15) is 0 Å². The molecule has 2 N–H and O–H groups in total. The number of halogens is 2. The normalized spacial score (nSPS) is 23.1. The van der Waals surface area contributed by atoms with Crippen LogP contribution in [0.3, 0.4) is 0 Å². The van der Waals surface area contributed by atoms with Crippen molar-refractivity contribution in [3.63, 3.8) is 0 Å². The molecule has 138 valence electrons. The second kappa shape index (κ2) is 8.74. The van der Waals surface area contributed by atoms with E-state index in [0.717, 1.165) is 25.9 Å². The van der Waals surface area contributed by atoms with E-state index >= 15 is 0 Å². The number of nitrogens with zero attached hydrogens (tertiary/aromatic N) is 1. The Bertz CT molecular complexity index is 636. The molecule has 8 heteroatoms. The van der Waals surface area contributed by atoms with Crippen LogP contribution in [0, 0.1) is 5.92 Å². The van der Waals surface area contributed by atoms with Crippen molar-refractivity contribution >= 4 is 41.5 Å². The van der Waals surface area contributed by atoms with Gasteiger partial charge in [-0.3, -0.25) is 9.59 Å². The van der Waals surface area contributed by atoms with Gasteiger partial charge in [-0.05, 0) is 37.6 Å². The van der Waals surface area contributed by atoms with Gasteiger partial charge >= 0.3 is 0 Å². The average Bonchev–Trinajstić information content (AvgIpc) is 2.97. The summed E-state index contributed by atoms with van der Waals surface area (Å²) in [4.78, 5) is 26.5. The van der Waals surface area contributed by atoms with E-state index in [1.54, 1.807) is 30.2 Å². The first kappa shape index (κ1) is 19.8. The molecule has 2 aliphatic rings. The minimum absolute atomic E-state index is 0. The number of carbonyl (C=O) groups excluding carboxylic acids is 2. The molecule has 0 aromatic heterocycles. The molecular weight excluding hydrogens is 365 g/mol. The maximum absolute atomic E-state index is 12.5. The number of benzene rings is 1. The van der Waals surface area contributed by atoms with Crippen molar-refractivity contribution in [3.05, 3.63) is 23.2 Å². The summed E-state index contributed by atoms with van der Waals surface area (Å²) in [5.41, 5.74) is 0.615. The van der Waals surface area contributed by atoms with Crippen molar-refractivity contribution in [1.29, 1.82) is 0 Å². The molecular formula is C17H23Cl2N3O3. The van der Waals surface area contributed by atoms with Crippen molar-refractivity contribution in [2.24, 2.45) is 5.92 Å². The minimum Gasteiger partial charge on any atom is -0.495 e. The number of piperidine rings is 1. The lowest BCUT2D eigenvalue weighted by Crippen LogP contribution is -2.47. The van der Waals surface area contributed by atoms with E-state index < -0.39 is 0 Å². The molecule has 1 aromatic rings. The number of carbonyl (C=O) groups is 2. The SMILES string of the molecule is COc1ccc(Cl)cc1N1CC(C(=O)NC2CCCNC2)CC1=O.Cl. The van der Waals surface area contributed by atoms with E-state index in [1.165, 1.54) is 0 Å². The van der Waals surface area contributed by atoms with Gasteiger partial charge in [0, 0.05) is 30.6 Å². The van der Waals surface area contributed by atoms with Crippen LogP contribution in [0.2, 0.25) is 5.02 Å². The van der Waals surface area contributed by atoms with Crippen molar-refractivity contribution in [2.75, 3.05) is 31.6 Å². The van der Waals surface area contributed by atoms with Crippen molar-refractivity contribution < 1.29 is 14.3 Å². The molecule has 2 saturated heterocycles. The molecule has 2 unspecified atom stereocenters. The quantitative estimate of drug-likeness (QED) is 0.828. The van der Waals surface area contributed by atoms with Crippen LogP contribution in [0.4, 0.5) is 5.69 Å². The van der Waals surface area contributed by atoms with Crippen LogP contribution in [0.25, 0.3) is 0 Å². The maximum atomic E-state index is 12.5. The van der Waals surface area contributed by atoms with E-state index in [1.807, 2.05) is 0 Å². The van der Waals surface area contributed by atoms with Gasteiger partial charge in [0.15, 0.2) is 0 Å². The molecule has 2 atom stereocenters. The van der Waals surface area contributed by atoms with Gasteiger partial charge in [-0.15, -0.1) is 12.4 Å². The second-order valence-corrected chi connectivity index (χ2v) is 6.71. The Morgan fingerprint density at radius 3 is 2.92 bits per heavy atom. The molecule has 3 rings (SSSR count). The lowest BCUT2D eigenvalue weighted by atomic mass is 10.0. The molecule has 0 spiro atoms. The third-order valence-electron chi connectivity index (χ3n) is 4.57. The van der Waals surface area contributed by atoms with Crippen molar-refractivity contribution in [3.8, 4) is 5.75 Å². The van der Waals surface area contributed by atoms with Gasteiger partial charge in [-0.1, -0.05) is 11.6 Å². The van der Waals surface area contributed by atoms with Crippen molar-refractivity contribution in [2.45, 2.75) is 25.3 Å². The molecule has 2 amide bonds. The third-order valence-corrected chi connectivity index (χ3v) is 4.81. The number of hydrogen-bond donors (Lipinski definition) is 2. The van der Waals surface area contributed by atoms with Gasteiger partial charge < -0.3 is 20.3 Å². The minimum atomic E-state index is -0.344. The number of rotatable bonds is 4. The Morgan fingerprint density at radius 1 is 1.44 bits per heavy atom. The Morgan fingerprint density at radius 2 is 2.24 bits per heavy atom. The lowest BCUT2D eigenvalue weighted by Gasteiger charge is -2.25. The van der Waals surface area contributed by atoms with Gasteiger partial charge in [0.25, 0.3) is 0 Å². The molecule has 2 aliphatic heterocycles. The summed E-state index contributed by atoms with van der Waals surface area (Å²) < 4.78 is 5.32. The van der Waals surface area contributed by atoms with Crippen LogP contribution >= 0.6 is 24.0 Å². The molecule has 0 bridgehead atoms. The summed E-state index contributed by atoms with van der Waals surface area (Å²) in [6, 6.07) is 5.29. The number of ether oxygens (including phenoxy) is 1. The Hall–Kier alpha value is -1.50. The molecule has 6 nitrogen and oxygen atoms in total. The number of hydrogen-bond acceptors (Lipinski definition) is 4. The molecule has 2 heterocycles. The predicted molar refractivity (Wildman–Crippen MR) is 99.7 cm³/mol. The Balaban J connectivity index is 0.00000225. The van der Waals surface area contributed by atoms with Crippen LogP contribution in [0.1, 0.15) is 19.3 Å². The maximum Gasteiger partial charge on any atom is 0.227 e. The largest absolute Gasteiger partial charge is 0.495 e. The first-order chi connectivity index (χ1) is 11.6. The molecule has 2 fully saturated rings. The fourth-order valence-electron chi connectivity index (χ4n) is 3.28. The topological polar surface area (TPSA) is 70.7 Å². The Labute approximate surface area is 158 Å². The Kier molecular flexibility index (Phi) is 6.93. The fraction of sp³-hybridized carbons (Fsp3) is 0.529. The van der Waals surface area contributed by atoms with E-state index in [2.05, 4.69) is 10.6 Å². The monoisotopic (exact) mass is 387 g/mol. The van der Waals surface area contributed by atoms with Gasteiger partial charge in [0.05, 0.1) is 18.7 Å². The summed E-state index contributed by atoms with van der Waals surface area (Å²) in [6.45, 7) is 2.14. The molecule has 0 saturated carbocycles. The third kappa shape index (κ3) is 4.57. The predicted octanol–water partition coefficient (Wildman–Crippen LogP) is 1.99. The van der Waals surface area contributed by atoms with E-state index in [-0.39, 0.29) is 42.6 Å². The second-order valence-electron chi connectivity index (χ2n) is 6.27. The highest BCUT2D eigenvalue weighted by molar-refractivity contribution is 6.31. The summed E-state index contributed by atoms with van der Waals surface area (Å²) in [5.74, 6) is 0.0893. The van der Waals surface area contributed by atoms with Gasteiger partial charge in [0.2, 0.25) is 11.8 Å². The van der Waals surface area contributed by atoms with Crippen LogP contribution in [-0.4, -0.2) is 44.6 Å². The van der Waals surface area contributed by atoms with E-state index in [4.69, 9.17) is 16.3 Å². The van der Waals surface area contributed by atoms with Crippen LogP contribution < -0.4 is 20.3 Å². The fourth-order valence-corrected chi connectivity index (χ4v) is 3.45. The summed E-state index contributed by atoms with van der Waals surface area (Å²) in [6.07, 6.45) is 2.24. The zero-order valence-electron chi connectivity index (χ0n) is 14.1. The number of anilines is 1. The molecule has 0 radical (unpaired) electrons. The summed E-state index contributed by atoms with van der Waals surface area (Å²) in [7, 11) is 1.55. The standard InChI is InChI=1S/C17H22ClN3O3.ClH/c1-24-15-5-4-12(18)8-14(15)21-10-11(7-16(21)22)17(23)20-13-3-2-6-19-9-13;/h4-5,8,11,13,19H,2-3,6-7,9-10H2,1H3,(H,20,23);1H. The molecule has 0 aliphatic carbocycles. The molecule has 1 aromatic carbocycles. The highest BCUT2D eigenvalue weighted by Crippen LogP contribution is 2.35. The van der Waals surface area contributed by atoms with Gasteiger partial charge in [-0.25, -0.2) is 0 Å². The number of amides is 2. The van der Waals surface area contributed by atoms with E-state index in [9.17, 15) is 9.59 Å². The number of methoxy groups -OCH3 is 1. The smallest absolute Gasteiger partial charge is 0.227 e. The summed E-state index contributed by atoms with van der Waals surface area (Å²) >= 11 is 6.05. The average molecular weight is 388 g/mol. The van der Waals surface area contributed by atoms with Crippen molar-refractivity contribution in [1.82, 2.24) is 10.6 Å².